The molecule has 26 heavy (non-hydrogen) atoms. The van der Waals surface area contributed by atoms with Crippen LogP contribution in [0.1, 0.15) is 16.8 Å². The molecule has 0 aliphatic rings. The van der Waals surface area contributed by atoms with Crippen LogP contribution in [0.2, 0.25) is 0 Å². The number of benzene rings is 2. The van der Waals surface area contributed by atoms with Gasteiger partial charge in [0.05, 0.1) is 11.4 Å². The highest BCUT2D eigenvalue weighted by Gasteiger charge is 2.20. The Morgan fingerprint density at radius 1 is 1.00 bits per heavy atom. The molecule has 4 aromatic rings. The van der Waals surface area contributed by atoms with Gasteiger partial charge in [-0.05, 0) is 19.4 Å². The molecule has 0 fully saturated rings. The average Bonchev–Trinajstić information content (AvgIpc) is 2.97. The quantitative estimate of drug-likeness (QED) is 0.602. The molecule has 126 valence electrons. The Labute approximate surface area is 150 Å². The van der Waals surface area contributed by atoms with Gasteiger partial charge in [0.15, 0.2) is 0 Å². The van der Waals surface area contributed by atoms with Crippen molar-refractivity contribution in [3.63, 3.8) is 0 Å². The number of fused-ring (bicyclic) bond motifs is 1. The fourth-order valence-corrected chi connectivity index (χ4v) is 3.22. The van der Waals surface area contributed by atoms with Crippen LogP contribution in [0.25, 0.3) is 28.0 Å². The van der Waals surface area contributed by atoms with Gasteiger partial charge in [-0.1, -0.05) is 60.2 Å². The molecule has 5 nitrogen and oxygen atoms in total. The van der Waals surface area contributed by atoms with Crippen LogP contribution in [0.15, 0.2) is 59.4 Å². The number of hydrogen-bond acceptors (Lipinski definition) is 3. The molecule has 2 aromatic carbocycles. The van der Waals surface area contributed by atoms with Gasteiger partial charge in [0.2, 0.25) is 0 Å². The minimum Gasteiger partial charge on any atom is -0.305 e. The normalized spacial score (nSPS) is 10.8. The second-order valence-electron chi connectivity index (χ2n) is 6.24. The number of rotatable bonds is 2. The summed E-state index contributed by atoms with van der Waals surface area (Å²) in [5.41, 5.74) is 5.26. The van der Waals surface area contributed by atoms with Crippen LogP contribution in [-0.2, 0) is 0 Å². The first-order valence-electron chi connectivity index (χ1n) is 8.28. The van der Waals surface area contributed by atoms with Gasteiger partial charge in [-0.2, -0.15) is 10.4 Å². The van der Waals surface area contributed by atoms with E-state index >= 15 is 0 Å². The Bertz CT molecular complexity index is 1210. The lowest BCUT2D eigenvalue weighted by molar-refractivity contribution is 0.914. The van der Waals surface area contributed by atoms with Crippen LogP contribution in [-0.4, -0.2) is 14.6 Å². The minimum atomic E-state index is -0.410. The summed E-state index contributed by atoms with van der Waals surface area (Å²) in [4.78, 5) is 15.4. The van der Waals surface area contributed by atoms with Gasteiger partial charge in [-0.25, -0.2) is 4.52 Å². The van der Waals surface area contributed by atoms with E-state index in [4.69, 9.17) is 0 Å². The zero-order chi connectivity index (χ0) is 18.3. The molecule has 0 aliphatic carbocycles. The standard InChI is InChI=1S/C21H16N4O/c1-13-8-10-16(11-9-13)19-17(12-22)21(26)23-20-18(14(2)24-25(19)20)15-6-4-3-5-7-15/h3-11H,1-2H3,(H,23,26). The van der Waals surface area contributed by atoms with Crippen molar-refractivity contribution in [1.82, 2.24) is 14.6 Å². The molecule has 0 spiro atoms. The first-order chi connectivity index (χ1) is 12.6. The average molecular weight is 340 g/mol. The summed E-state index contributed by atoms with van der Waals surface area (Å²) in [6, 6.07) is 19.5. The number of nitrogens with one attached hydrogen (secondary N) is 1. The molecule has 0 bridgehead atoms. The number of aryl methyl sites for hydroxylation is 2. The summed E-state index contributed by atoms with van der Waals surface area (Å²) in [5.74, 6) is 0. The first kappa shape index (κ1) is 15.9. The molecular weight excluding hydrogens is 324 g/mol. The van der Waals surface area contributed by atoms with Crippen molar-refractivity contribution in [2.75, 3.05) is 0 Å². The van der Waals surface area contributed by atoms with E-state index < -0.39 is 5.56 Å². The van der Waals surface area contributed by atoms with Crippen molar-refractivity contribution < 1.29 is 0 Å². The Morgan fingerprint density at radius 2 is 1.69 bits per heavy atom. The Balaban J connectivity index is 2.13. The smallest absolute Gasteiger partial charge is 0.269 e. The molecule has 0 radical (unpaired) electrons. The molecule has 4 rings (SSSR count). The zero-order valence-electron chi connectivity index (χ0n) is 14.4. The maximum absolute atomic E-state index is 12.6. The highest BCUT2D eigenvalue weighted by Crippen LogP contribution is 2.30. The molecule has 5 heteroatoms. The van der Waals surface area contributed by atoms with E-state index in [-0.39, 0.29) is 5.56 Å². The largest absolute Gasteiger partial charge is 0.305 e. The highest BCUT2D eigenvalue weighted by atomic mass is 16.1. The topological polar surface area (TPSA) is 73.9 Å². The van der Waals surface area contributed by atoms with E-state index in [0.717, 1.165) is 27.9 Å². The maximum Gasteiger partial charge on any atom is 0.269 e. The third-order valence-corrected chi connectivity index (χ3v) is 4.47. The van der Waals surface area contributed by atoms with Crippen LogP contribution in [0.3, 0.4) is 0 Å². The van der Waals surface area contributed by atoms with Crippen LogP contribution in [0.4, 0.5) is 0 Å². The van der Waals surface area contributed by atoms with Gasteiger partial charge in [-0.15, -0.1) is 0 Å². The molecule has 1 N–H and O–H groups in total. The monoisotopic (exact) mass is 340 g/mol. The van der Waals surface area contributed by atoms with Crippen molar-refractivity contribution in [1.29, 1.82) is 5.26 Å². The number of hydrogen-bond donors (Lipinski definition) is 1. The number of aromatic nitrogens is 3. The summed E-state index contributed by atoms with van der Waals surface area (Å²) >= 11 is 0. The van der Waals surface area contributed by atoms with Gasteiger partial charge >= 0.3 is 0 Å². The molecule has 0 saturated carbocycles. The summed E-state index contributed by atoms with van der Waals surface area (Å²) in [7, 11) is 0. The first-order valence-corrected chi connectivity index (χ1v) is 8.28. The number of H-pyrrole nitrogens is 1. The molecule has 0 aliphatic heterocycles. The molecule has 2 heterocycles. The maximum atomic E-state index is 12.6. The highest BCUT2D eigenvalue weighted by molar-refractivity contribution is 5.82. The van der Waals surface area contributed by atoms with Crippen molar-refractivity contribution in [2.45, 2.75) is 13.8 Å². The van der Waals surface area contributed by atoms with E-state index in [9.17, 15) is 10.1 Å². The molecule has 0 saturated heterocycles. The third-order valence-electron chi connectivity index (χ3n) is 4.47. The van der Waals surface area contributed by atoms with Crippen LogP contribution in [0, 0.1) is 25.2 Å². The lowest BCUT2D eigenvalue weighted by Crippen LogP contribution is -2.16. The summed E-state index contributed by atoms with van der Waals surface area (Å²) in [6.07, 6.45) is 0. The van der Waals surface area contributed by atoms with Crippen LogP contribution < -0.4 is 5.56 Å². The summed E-state index contributed by atoms with van der Waals surface area (Å²) in [5, 5.41) is 14.2. The van der Waals surface area contributed by atoms with E-state index in [0.29, 0.717) is 11.3 Å². The van der Waals surface area contributed by atoms with Crippen molar-refractivity contribution in [3.05, 3.63) is 81.8 Å². The van der Waals surface area contributed by atoms with Crippen LogP contribution >= 0.6 is 0 Å². The van der Waals surface area contributed by atoms with Gasteiger partial charge in [0.1, 0.15) is 17.3 Å². The Hall–Kier alpha value is -3.65. The number of nitrogens with zero attached hydrogens (tertiary/aromatic N) is 3. The minimum absolute atomic E-state index is 0.0588. The lowest BCUT2D eigenvalue weighted by atomic mass is 10.0. The summed E-state index contributed by atoms with van der Waals surface area (Å²) in [6.45, 7) is 3.90. The predicted molar refractivity (Wildman–Crippen MR) is 101 cm³/mol. The molecule has 0 unspecified atom stereocenters. The SMILES string of the molecule is Cc1ccc(-c2c(C#N)c(=O)[nH]c3c(-c4ccccc4)c(C)nn23)cc1. The van der Waals surface area contributed by atoms with Gasteiger partial charge in [0.25, 0.3) is 5.56 Å². The number of aromatic amines is 1. The van der Waals surface area contributed by atoms with Gasteiger partial charge in [-0.3, -0.25) is 4.79 Å². The van der Waals surface area contributed by atoms with E-state index in [1.54, 1.807) is 4.52 Å². The second kappa shape index (κ2) is 6.01. The van der Waals surface area contributed by atoms with Gasteiger partial charge < -0.3 is 4.98 Å². The van der Waals surface area contributed by atoms with Crippen molar-refractivity contribution in [2.24, 2.45) is 0 Å². The Morgan fingerprint density at radius 3 is 2.35 bits per heavy atom. The van der Waals surface area contributed by atoms with Crippen LogP contribution in [0.5, 0.6) is 0 Å². The molecule has 0 atom stereocenters. The van der Waals surface area contributed by atoms with Gasteiger partial charge in [0, 0.05) is 11.1 Å². The fraction of sp³-hybridized carbons (Fsp3) is 0.0952. The molecule has 0 amide bonds. The molecule has 2 aromatic heterocycles. The van der Waals surface area contributed by atoms with E-state index in [1.165, 1.54) is 0 Å². The summed E-state index contributed by atoms with van der Waals surface area (Å²) < 4.78 is 1.67. The Kier molecular flexibility index (Phi) is 3.67. The third kappa shape index (κ3) is 2.40. The lowest BCUT2D eigenvalue weighted by Gasteiger charge is -2.08. The molecular formula is C21H16N4O. The number of nitriles is 1. The predicted octanol–water partition coefficient (Wildman–Crippen LogP) is 3.85. The van der Waals surface area contributed by atoms with Crippen molar-refractivity contribution >= 4 is 5.65 Å². The zero-order valence-corrected chi connectivity index (χ0v) is 14.4. The van der Waals surface area contributed by atoms with E-state index in [2.05, 4.69) is 10.1 Å². The van der Waals surface area contributed by atoms with Crippen molar-refractivity contribution in [3.8, 4) is 28.5 Å². The second-order valence-corrected chi connectivity index (χ2v) is 6.24. The van der Waals surface area contributed by atoms with E-state index in [1.807, 2.05) is 74.5 Å². The fourth-order valence-electron chi connectivity index (χ4n) is 3.22.